The first-order valence-corrected chi connectivity index (χ1v) is 9.22. The minimum Gasteiger partial charge on any atom is -0.387 e. The van der Waals surface area contributed by atoms with Crippen molar-refractivity contribution in [3.63, 3.8) is 0 Å². The standard InChI is InChI=1S/C22H24N4O2/c27-20(18-6-2-1-3-7-18)16-23-15-13-17-9-11-19(12-10-17)25-22(28)26-21-8-4-5-14-24-21/h1-12,14,20,23,27H,13,15-16H2,(H2,24,25,26,28). The lowest BCUT2D eigenvalue weighted by Gasteiger charge is -2.12. The minimum absolute atomic E-state index is 0.331. The molecule has 2 aromatic carbocycles. The van der Waals surface area contributed by atoms with Gasteiger partial charge in [-0.2, -0.15) is 0 Å². The maximum Gasteiger partial charge on any atom is 0.324 e. The van der Waals surface area contributed by atoms with Crippen LogP contribution in [0.3, 0.4) is 0 Å². The second-order valence-electron chi connectivity index (χ2n) is 6.37. The van der Waals surface area contributed by atoms with Gasteiger partial charge < -0.3 is 15.7 Å². The van der Waals surface area contributed by atoms with E-state index in [-0.39, 0.29) is 6.03 Å². The molecular weight excluding hydrogens is 352 g/mol. The molecule has 0 aliphatic heterocycles. The van der Waals surface area contributed by atoms with Crippen LogP contribution in [0.2, 0.25) is 0 Å². The number of carbonyl (C=O) groups excluding carboxylic acids is 1. The Morgan fingerprint density at radius 1 is 0.929 bits per heavy atom. The summed E-state index contributed by atoms with van der Waals surface area (Å²) in [5.41, 5.74) is 2.77. The van der Waals surface area contributed by atoms with E-state index in [1.807, 2.05) is 60.7 Å². The second-order valence-corrected chi connectivity index (χ2v) is 6.37. The van der Waals surface area contributed by atoms with E-state index < -0.39 is 6.10 Å². The number of pyridine rings is 1. The van der Waals surface area contributed by atoms with Crippen LogP contribution < -0.4 is 16.0 Å². The molecule has 0 aliphatic carbocycles. The summed E-state index contributed by atoms with van der Waals surface area (Å²) in [5, 5.41) is 18.9. The number of amides is 2. The fourth-order valence-electron chi connectivity index (χ4n) is 2.73. The number of urea groups is 1. The lowest BCUT2D eigenvalue weighted by atomic mass is 10.1. The number of aliphatic hydroxyl groups is 1. The second kappa shape index (κ2) is 10.2. The zero-order valence-corrected chi connectivity index (χ0v) is 15.5. The molecule has 6 nitrogen and oxygen atoms in total. The predicted molar refractivity (Wildman–Crippen MR) is 111 cm³/mol. The van der Waals surface area contributed by atoms with E-state index in [1.54, 1.807) is 18.3 Å². The number of aromatic nitrogens is 1. The summed E-state index contributed by atoms with van der Waals surface area (Å²) in [6.45, 7) is 1.27. The van der Waals surface area contributed by atoms with Gasteiger partial charge in [-0.3, -0.25) is 5.32 Å². The zero-order valence-electron chi connectivity index (χ0n) is 15.5. The van der Waals surface area contributed by atoms with E-state index in [4.69, 9.17) is 0 Å². The van der Waals surface area contributed by atoms with Gasteiger partial charge in [0.15, 0.2) is 0 Å². The van der Waals surface area contributed by atoms with Crippen LogP contribution >= 0.6 is 0 Å². The van der Waals surface area contributed by atoms with E-state index in [0.29, 0.717) is 18.1 Å². The number of nitrogens with one attached hydrogen (secondary N) is 3. The van der Waals surface area contributed by atoms with E-state index >= 15 is 0 Å². The Labute approximate surface area is 164 Å². The lowest BCUT2D eigenvalue weighted by Crippen LogP contribution is -2.23. The average molecular weight is 376 g/mol. The van der Waals surface area contributed by atoms with Crippen molar-refractivity contribution in [3.05, 3.63) is 90.1 Å². The van der Waals surface area contributed by atoms with Crippen LogP contribution in [0.1, 0.15) is 17.2 Å². The molecule has 1 heterocycles. The molecule has 4 N–H and O–H groups in total. The number of anilines is 2. The molecule has 0 spiro atoms. The van der Waals surface area contributed by atoms with Crippen LogP contribution in [0.4, 0.5) is 16.3 Å². The first-order chi connectivity index (χ1) is 13.7. The summed E-state index contributed by atoms with van der Waals surface area (Å²) in [6.07, 6.45) is 1.95. The molecule has 0 aliphatic rings. The zero-order chi connectivity index (χ0) is 19.6. The maximum atomic E-state index is 12.0. The molecule has 0 fully saturated rings. The molecule has 1 aromatic heterocycles. The van der Waals surface area contributed by atoms with Crippen molar-refractivity contribution >= 4 is 17.5 Å². The van der Waals surface area contributed by atoms with Gasteiger partial charge in [0.05, 0.1) is 6.10 Å². The highest BCUT2D eigenvalue weighted by molar-refractivity contribution is 5.99. The van der Waals surface area contributed by atoms with Crippen LogP contribution in [-0.4, -0.2) is 29.2 Å². The monoisotopic (exact) mass is 376 g/mol. The molecule has 0 saturated carbocycles. The van der Waals surface area contributed by atoms with Gasteiger partial charge in [-0.05, 0) is 48.4 Å². The Balaban J connectivity index is 1.39. The normalized spacial score (nSPS) is 11.6. The highest BCUT2D eigenvalue weighted by Crippen LogP contribution is 2.12. The van der Waals surface area contributed by atoms with Gasteiger partial charge in [-0.15, -0.1) is 0 Å². The molecular formula is C22H24N4O2. The van der Waals surface area contributed by atoms with Crippen molar-refractivity contribution in [1.29, 1.82) is 0 Å². The van der Waals surface area contributed by atoms with E-state index in [2.05, 4.69) is 20.9 Å². The van der Waals surface area contributed by atoms with E-state index in [1.165, 1.54) is 0 Å². The molecule has 1 unspecified atom stereocenters. The Morgan fingerprint density at radius 3 is 2.39 bits per heavy atom. The highest BCUT2D eigenvalue weighted by atomic mass is 16.3. The van der Waals surface area contributed by atoms with Gasteiger partial charge in [-0.1, -0.05) is 48.5 Å². The van der Waals surface area contributed by atoms with Crippen molar-refractivity contribution < 1.29 is 9.90 Å². The van der Waals surface area contributed by atoms with Crippen LogP contribution in [0.5, 0.6) is 0 Å². The first kappa shape index (κ1) is 19.5. The predicted octanol–water partition coefficient (Wildman–Crippen LogP) is 3.59. The molecule has 2 amide bonds. The van der Waals surface area contributed by atoms with E-state index in [0.717, 1.165) is 24.1 Å². The maximum absolute atomic E-state index is 12.0. The van der Waals surface area contributed by atoms with Crippen LogP contribution in [0, 0.1) is 0 Å². The van der Waals surface area contributed by atoms with Crippen molar-refractivity contribution in [3.8, 4) is 0 Å². The third kappa shape index (κ3) is 6.19. The van der Waals surface area contributed by atoms with Gasteiger partial charge in [0, 0.05) is 18.4 Å². The molecule has 3 rings (SSSR count). The molecule has 6 heteroatoms. The van der Waals surface area contributed by atoms with Crippen LogP contribution in [0.25, 0.3) is 0 Å². The number of nitrogens with zero attached hydrogens (tertiary/aromatic N) is 1. The summed E-state index contributed by atoms with van der Waals surface area (Å²) in [4.78, 5) is 16.0. The summed E-state index contributed by atoms with van der Waals surface area (Å²) in [6, 6.07) is 22.3. The summed E-state index contributed by atoms with van der Waals surface area (Å²) >= 11 is 0. The van der Waals surface area contributed by atoms with Gasteiger partial charge in [0.1, 0.15) is 5.82 Å². The summed E-state index contributed by atoms with van der Waals surface area (Å²) < 4.78 is 0. The Kier molecular flexibility index (Phi) is 7.12. The smallest absolute Gasteiger partial charge is 0.324 e. The summed E-state index contributed by atoms with van der Waals surface area (Å²) in [5.74, 6) is 0.500. The van der Waals surface area contributed by atoms with Gasteiger partial charge >= 0.3 is 6.03 Å². The molecule has 1 atom stereocenters. The lowest BCUT2D eigenvalue weighted by molar-refractivity contribution is 0.175. The summed E-state index contributed by atoms with van der Waals surface area (Å²) in [7, 11) is 0. The minimum atomic E-state index is -0.509. The topological polar surface area (TPSA) is 86.3 Å². The van der Waals surface area contributed by atoms with Crippen molar-refractivity contribution in [1.82, 2.24) is 10.3 Å². The number of aliphatic hydroxyl groups excluding tert-OH is 1. The number of rotatable bonds is 8. The third-order valence-electron chi connectivity index (χ3n) is 4.23. The fraction of sp³-hybridized carbons (Fsp3) is 0.182. The van der Waals surface area contributed by atoms with Crippen molar-refractivity contribution in [2.24, 2.45) is 0 Å². The largest absolute Gasteiger partial charge is 0.387 e. The molecule has 144 valence electrons. The quantitative estimate of drug-likeness (QED) is 0.453. The Morgan fingerprint density at radius 2 is 1.68 bits per heavy atom. The number of hydrogen-bond donors (Lipinski definition) is 4. The van der Waals surface area contributed by atoms with Crippen LogP contribution in [-0.2, 0) is 6.42 Å². The molecule has 0 radical (unpaired) electrons. The Hall–Kier alpha value is -3.22. The van der Waals surface area contributed by atoms with Crippen molar-refractivity contribution in [2.75, 3.05) is 23.7 Å². The number of carbonyl (C=O) groups is 1. The SMILES string of the molecule is O=C(Nc1ccc(CCNCC(O)c2ccccc2)cc1)Nc1ccccn1. The molecule has 0 saturated heterocycles. The molecule has 0 bridgehead atoms. The number of hydrogen-bond acceptors (Lipinski definition) is 4. The third-order valence-corrected chi connectivity index (χ3v) is 4.23. The van der Waals surface area contributed by atoms with Gasteiger partial charge in [-0.25, -0.2) is 9.78 Å². The van der Waals surface area contributed by atoms with Crippen molar-refractivity contribution in [2.45, 2.75) is 12.5 Å². The first-order valence-electron chi connectivity index (χ1n) is 9.22. The number of benzene rings is 2. The average Bonchev–Trinajstić information content (AvgIpc) is 2.73. The van der Waals surface area contributed by atoms with E-state index in [9.17, 15) is 9.90 Å². The van der Waals surface area contributed by atoms with Gasteiger partial charge in [0.25, 0.3) is 0 Å². The van der Waals surface area contributed by atoms with Crippen LogP contribution in [0.15, 0.2) is 79.0 Å². The Bertz CT molecular complexity index is 855. The van der Waals surface area contributed by atoms with Gasteiger partial charge in [0.2, 0.25) is 0 Å². The fourth-order valence-corrected chi connectivity index (χ4v) is 2.73. The molecule has 28 heavy (non-hydrogen) atoms. The highest BCUT2D eigenvalue weighted by Gasteiger charge is 2.06. The molecule has 3 aromatic rings.